The molecule has 1 atom stereocenters. The Kier molecular flexibility index (Phi) is 6.87. The van der Waals surface area contributed by atoms with E-state index in [0.717, 1.165) is 57.5 Å². The Labute approximate surface area is 179 Å². The number of morpholine rings is 1. The number of guanidine groups is 1. The minimum atomic E-state index is 0.214. The minimum Gasteiger partial charge on any atom is -0.497 e. The van der Waals surface area contributed by atoms with Gasteiger partial charge >= 0.3 is 0 Å². The number of anilines is 1. The third kappa shape index (κ3) is 4.60. The molecule has 0 saturated carbocycles. The number of para-hydroxylation sites is 1. The summed E-state index contributed by atoms with van der Waals surface area (Å²) in [6.45, 7) is 8.04. The first-order valence-corrected chi connectivity index (χ1v) is 10.9. The van der Waals surface area contributed by atoms with Crippen LogP contribution in [0.3, 0.4) is 0 Å². The van der Waals surface area contributed by atoms with E-state index in [1.807, 2.05) is 12.1 Å². The van der Waals surface area contributed by atoms with E-state index in [4.69, 9.17) is 14.5 Å². The lowest BCUT2D eigenvalue weighted by Gasteiger charge is -2.34. The van der Waals surface area contributed by atoms with Crippen LogP contribution in [0.15, 0.2) is 53.5 Å². The highest BCUT2D eigenvalue weighted by atomic mass is 16.5. The van der Waals surface area contributed by atoms with Crippen molar-refractivity contribution in [2.24, 2.45) is 4.99 Å². The average Bonchev–Trinajstić information content (AvgIpc) is 3.24. The van der Waals surface area contributed by atoms with Gasteiger partial charge in [0.15, 0.2) is 5.96 Å². The lowest BCUT2D eigenvalue weighted by Crippen LogP contribution is -2.43. The molecule has 160 valence electrons. The van der Waals surface area contributed by atoms with E-state index in [-0.39, 0.29) is 6.04 Å². The molecule has 2 aliphatic rings. The molecule has 1 fully saturated rings. The fourth-order valence-corrected chi connectivity index (χ4v) is 4.27. The number of rotatable bonds is 6. The van der Waals surface area contributed by atoms with Gasteiger partial charge in [0, 0.05) is 31.9 Å². The first-order valence-electron chi connectivity index (χ1n) is 10.9. The Morgan fingerprint density at radius 1 is 1.10 bits per heavy atom. The monoisotopic (exact) mass is 408 g/mol. The molecule has 6 heteroatoms. The highest BCUT2D eigenvalue weighted by molar-refractivity contribution is 5.98. The zero-order chi connectivity index (χ0) is 20.8. The molecule has 2 heterocycles. The van der Waals surface area contributed by atoms with Crippen LogP contribution in [0.25, 0.3) is 0 Å². The number of aliphatic imine (C=N–C) groups is 1. The van der Waals surface area contributed by atoms with E-state index in [1.165, 1.54) is 16.8 Å². The zero-order valence-corrected chi connectivity index (χ0v) is 18.0. The average molecular weight is 409 g/mol. The van der Waals surface area contributed by atoms with Gasteiger partial charge in [-0.15, -0.1) is 0 Å². The number of fused-ring (bicyclic) bond motifs is 1. The standard InChI is InChI=1S/C24H32N4O2/c1-3-25-24(28-13-12-19-6-4-5-7-22(19)28)26-18-23(27-14-16-30-17-15-27)20-8-10-21(29-2)11-9-20/h4-11,23H,3,12-18H2,1-2H3,(H,25,26). The van der Waals surface area contributed by atoms with E-state index in [2.05, 4.69) is 58.4 Å². The van der Waals surface area contributed by atoms with Crippen molar-refractivity contribution in [3.63, 3.8) is 0 Å². The number of hydrogen-bond acceptors (Lipinski definition) is 4. The van der Waals surface area contributed by atoms with Crippen molar-refractivity contribution in [2.75, 3.05) is 57.9 Å². The van der Waals surface area contributed by atoms with Crippen LogP contribution in [-0.2, 0) is 11.2 Å². The van der Waals surface area contributed by atoms with Gasteiger partial charge in [-0.05, 0) is 42.7 Å². The number of benzene rings is 2. The fraction of sp³-hybridized carbons (Fsp3) is 0.458. The highest BCUT2D eigenvalue weighted by Gasteiger charge is 2.25. The largest absolute Gasteiger partial charge is 0.497 e. The Morgan fingerprint density at radius 2 is 1.87 bits per heavy atom. The van der Waals surface area contributed by atoms with Crippen molar-refractivity contribution in [2.45, 2.75) is 19.4 Å². The van der Waals surface area contributed by atoms with Crippen LogP contribution in [0.5, 0.6) is 5.75 Å². The maximum absolute atomic E-state index is 5.59. The molecule has 1 unspecified atom stereocenters. The van der Waals surface area contributed by atoms with Gasteiger partial charge in [0.05, 0.1) is 32.9 Å². The van der Waals surface area contributed by atoms with Crippen molar-refractivity contribution in [1.82, 2.24) is 10.2 Å². The summed E-state index contributed by atoms with van der Waals surface area (Å²) in [4.78, 5) is 9.91. The molecule has 1 saturated heterocycles. The van der Waals surface area contributed by atoms with Crippen molar-refractivity contribution in [3.05, 3.63) is 59.7 Å². The predicted octanol–water partition coefficient (Wildman–Crippen LogP) is 3.10. The van der Waals surface area contributed by atoms with Gasteiger partial charge in [-0.25, -0.2) is 0 Å². The van der Waals surface area contributed by atoms with E-state index in [9.17, 15) is 0 Å². The first-order chi connectivity index (χ1) is 14.8. The second kappa shape index (κ2) is 9.96. The van der Waals surface area contributed by atoms with E-state index >= 15 is 0 Å². The molecule has 2 aromatic carbocycles. The maximum Gasteiger partial charge on any atom is 0.198 e. The molecular formula is C24H32N4O2. The summed E-state index contributed by atoms with van der Waals surface area (Å²) >= 11 is 0. The molecule has 0 amide bonds. The molecule has 2 aromatic rings. The quantitative estimate of drug-likeness (QED) is 0.588. The molecule has 30 heavy (non-hydrogen) atoms. The van der Waals surface area contributed by atoms with Gasteiger partial charge in [-0.3, -0.25) is 9.89 Å². The van der Waals surface area contributed by atoms with Crippen LogP contribution in [0, 0.1) is 0 Å². The number of methoxy groups -OCH3 is 1. The molecule has 0 aliphatic carbocycles. The molecule has 0 radical (unpaired) electrons. The molecule has 6 nitrogen and oxygen atoms in total. The summed E-state index contributed by atoms with van der Waals surface area (Å²) in [5.74, 6) is 1.85. The van der Waals surface area contributed by atoms with E-state index in [0.29, 0.717) is 6.54 Å². The van der Waals surface area contributed by atoms with Crippen molar-refractivity contribution in [1.29, 1.82) is 0 Å². The lowest BCUT2D eigenvalue weighted by atomic mass is 10.0. The smallest absolute Gasteiger partial charge is 0.198 e. The highest BCUT2D eigenvalue weighted by Crippen LogP contribution is 2.28. The van der Waals surface area contributed by atoms with Gasteiger partial charge in [-0.1, -0.05) is 30.3 Å². The number of hydrogen-bond donors (Lipinski definition) is 1. The van der Waals surface area contributed by atoms with Crippen LogP contribution >= 0.6 is 0 Å². The second-order valence-corrected chi connectivity index (χ2v) is 7.66. The SMILES string of the molecule is CCNC(=NCC(c1ccc(OC)cc1)N1CCOCC1)N1CCc2ccccc21. The topological polar surface area (TPSA) is 49.3 Å². The summed E-state index contributed by atoms with van der Waals surface area (Å²) < 4.78 is 10.9. The summed E-state index contributed by atoms with van der Waals surface area (Å²) in [5.41, 5.74) is 3.92. The molecule has 0 aromatic heterocycles. The van der Waals surface area contributed by atoms with Gasteiger partial charge in [0.1, 0.15) is 5.75 Å². The first kappa shape index (κ1) is 20.7. The van der Waals surface area contributed by atoms with Gasteiger partial charge < -0.3 is 19.7 Å². The van der Waals surface area contributed by atoms with Crippen LogP contribution in [0.4, 0.5) is 5.69 Å². The van der Waals surface area contributed by atoms with E-state index in [1.54, 1.807) is 7.11 Å². The second-order valence-electron chi connectivity index (χ2n) is 7.66. The summed E-state index contributed by atoms with van der Waals surface area (Å²) in [5, 5.41) is 3.51. The zero-order valence-electron chi connectivity index (χ0n) is 18.0. The van der Waals surface area contributed by atoms with Crippen LogP contribution in [0.1, 0.15) is 24.1 Å². The Balaban J connectivity index is 1.59. The Hall–Kier alpha value is -2.57. The van der Waals surface area contributed by atoms with E-state index < -0.39 is 0 Å². The predicted molar refractivity (Wildman–Crippen MR) is 122 cm³/mol. The summed E-state index contributed by atoms with van der Waals surface area (Å²) in [6.07, 6.45) is 1.06. The number of nitrogens with zero attached hydrogens (tertiary/aromatic N) is 3. The molecule has 1 N–H and O–H groups in total. The third-order valence-electron chi connectivity index (χ3n) is 5.88. The summed E-state index contributed by atoms with van der Waals surface area (Å²) in [6, 6.07) is 17.2. The normalized spacial score (nSPS) is 18.2. The third-order valence-corrected chi connectivity index (χ3v) is 5.88. The number of nitrogens with one attached hydrogen (secondary N) is 1. The van der Waals surface area contributed by atoms with Gasteiger partial charge in [0.2, 0.25) is 0 Å². The Bertz CT molecular complexity index is 847. The van der Waals surface area contributed by atoms with Crippen LogP contribution < -0.4 is 15.0 Å². The molecule has 2 aliphatic heterocycles. The molecule has 0 spiro atoms. The minimum absolute atomic E-state index is 0.214. The number of ether oxygens (including phenoxy) is 2. The van der Waals surface area contributed by atoms with Crippen molar-refractivity contribution in [3.8, 4) is 5.75 Å². The Morgan fingerprint density at radius 3 is 2.60 bits per heavy atom. The fourth-order valence-electron chi connectivity index (χ4n) is 4.27. The molecule has 0 bridgehead atoms. The van der Waals surface area contributed by atoms with Crippen molar-refractivity contribution >= 4 is 11.6 Å². The molecule has 4 rings (SSSR count). The summed E-state index contributed by atoms with van der Waals surface area (Å²) in [7, 11) is 1.70. The van der Waals surface area contributed by atoms with Gasteiger partial charge in [0.25, 0.3) is 0 Å². The van der Waals surface area contributed by atoms with Crippen LogP contribution in [-0.4, -0.2) is 63.9 Å². The van der Waals surface area contributed by atoms with Crippen molar-refractivity contribution < 1.29 is 9.47 Å². The molecular weight excluding hydrogens is 376 g/mol. The lowest BCUT2D eigenvalue weighted by molar-refractivity contribution is 0.0179. The van der Waals surface area contributed by atoms with Crippen LogP contribution in [0.2, 0.25) is 0 Å². The van der Waals surface area contributed by atoms with Gasteiger partial charge in [-0.2, -0.15) is 0 Å². The maximum atomic E-state index is 5.59.